The Morgan fingerprint density at radius 3 is 2.66 bits per heavy atom. The number of quaternary nitrogens is 1. The average Bonchev–Trinajstić information content (AvgIpc) is 3.25. The number of nitrogens with one attached hydrogen (secondary N) is 2. The number of halogens is 1. The van der Waals surface area contributed by atoms with Gasteiger partial charge in [0.2, 0.25) is 0 Å². The first-order valence-corrected chi connectivity index (χ1v) is 11.0. The SMILES string of the molecule is CC[NH+](CCNC(=O)c1cccc2cc3ccccc3nc12)Cc1ccc([N+](=O)[O-])s1.[Cl-]. The van der Waals surface area contributed by atoms with E-state index in [0.29, 0.717) is 24.2 Å². The molecule has 0 aliphatic heterocycles. The molecule has 0 radical (unpaired) electrons. The van der Waals surface area contributed by atoms with Gasteiger partial charge in [-0.1, -0.05) is 41.7 Å². The van der Waals surface area contributed by atoms with E-state index in [2.05, 4.69) is 18.3 Å². The molecule has 0 saturated heterocycles. The third-order valence-electron chi connectivity index (χ3n) is 5.31. The van der Waals surface area contributed by atoms with Crippen molar-refractivity contribution in [2.45, 2.75) is 13.5 Å². The molecule has 9 heteroatoms. The summed E-state index contributed by atoms with van der Waals surface area (Å²) in [5.74, 6) is -0.143. The molecule has 1 atom stereocenters. The number of hydrogen-bond acceptors (Lipinski definition) is 5. The Morgan fingerprint density at radius 2 is 1.91 bits per heavy atom. The van der Waals surface area contributed by atoms with Crippen molar-refractivity contribution < 1.29 is 27.0 Å². The van der Waals surface area contributed by atoms with E-state index < -0.39 is 0 Å². The van der Waals surface area contributed by atoms with Crippen LogP contribution in [0.5, 0.6) is 0 Å². The molecule has 7 nitrogen and oxygen atoms in total. The number of aromatic nitrogens is 1. The van der Waals surface area contributed by atoms with Gasteiger partial charge in [-0.3, -0.25) is 14.9 Å². The monoisotopic (exact) mass is 470 g/mol. The Hall–Kier alpha value is -3.07. The summed E-state index contributed by atoms with van der Waals surface area (Å²) in [6.45, 7) is 4.88. The molecule has 0 fully saturated rings. The Kier molecular flexibility index (Phi) is 7.74. The third-order valence-corrected chi connectivity index (χ3v) is 6.34. The van der Waals surface area contributed by atoms with Gasteiger partial charge in [-0.05, 0) is 31.2 Å². The van der Waals surface area contributed by atoms with Crippen LogP contribution in [0.15, 0.2) is 60.7 Å². The Balaban J connectivity index is 0.00000289. The van der Waals surface area contributed by atoms with Crippen LogP contribution in [0, 0.1) is 10.1 Å². The molecule has 2 heterocycles. The number of nitro groups is 1. The van der Waals surface area contributed by atoms with Gasteiger partial charge in [-0.2, -0.15) is 0 Å². The molecular weight excluding hydrogens is 448 g/mol. The molecule has 2 N–H and O–H groups in total. The third kappa shape index (κ3) is 5.21. The van der Waals surface area contributed by atoms with Crippen LogP contribution in [-0.2, 0) is 6.54 Å². The number of para-hydroxylation sites is 2. The van der Waals surface area contributed by atoms with Gasteiger partial charge in [0, 0.05) is 16.8 Å². The molecule has 166 valence electrons. The van der Waals surface area contributed by atoms with Crippen LogP contribution < -0.4 is 22.6 Å². The second-order valence-electron chi connectivity index (χ2n) is 7.34. The number of pyridine rings is 1. The highest BCUT2D eigenvalue weighted by Crippen LogP contribution is 2.23. The maximum absolute atomic E-state index is 12.9. The van der Waals surface area contributed by atoms with Crippen molar-refractivity contribution in [2.24, 2.45) is 0 Å². The molecular formula is C23H23ClN4O3S. The summed E-state index contributed by atoms with van der Waals surface area (Å²) in [4.78, 5) is 30.3. The standard InChI is InChI=1S/C23H22N4O3S.ClH/c1-2-26(15-18-10-11-21(31-18)27(29)30)13-12-24-23(28)19-8-5-7-17-14-16-6-3-4-9-20(16)25-22(17)19;/h3-11,14H,2,12-13,15H2,1H3,(H,24,28);1H. The molecule has 2 aromatic heterocycles. The number of carbonyl (C=O) groups excluding carboxylic acids is 1. The van der Waals surface area contributed by atoms with Crippen molar-refractivity contribution in [1.82, 2.24) is 10.3 Å². The quantitative estimate of drug-likeness (QED) is 0.219. The van der Waals surface area contributed by atoms with E-state index in [1.807, 2.05) is 42.5 Å². The predicted molar refractivity (Wildman–Crippen MR) is 123 cm³/mol. The number of benzene rings is 2. The number of carbonyl (C=O) groups is 1. The van der Waals surface area contributed by atoms with Crippen molar-refractivity contribution in [3.8, 4) is 0 Å². The fraction of sp³-hybridized carbons (Fsp3) is 0.217. The molecule has 4 rings (SSSR count). The van der Waals surface area contributed by atoms with Gasteiger partial charge in [0.25, 0.3) is 5.91 Å². The number of rotatable bonds is 8. The Bertz CT molecular complexity index is 1260. The van der Waals surface area contributed by atoms with Crippen LogP contribution in [0.3, 0.4) is 0 Å². The van der Waals surface area contributed by atoms with Crippen LogP contribution in [-0.4, -0.2) is 35.4 Å². The van der Waals surface area contributed by atoms with Crippen molar-refractivity contribution in [3.05, 3.63) is 81.2 Å². The number of nitrogens with zero attached hydrogens (tertiary/aromatic N) is 2. The average molecular weight is 471 g/mol. The summed E-state index contributed by atoms with van der Waals surface area (Å²) in [5, 5.41) is 16.0. The van der Waals surface area contributed by atoms with Gasteiger partial charge < -0.3 is 22.6 Å². The van der Waals surface area contributed by atoms with Crippen LogP contribution >= 0.6 is 11.3 Å². The highest BCUT2D eigenvalue weighted by Gasteiger charge is 2.16. The molecule has 2 aromatic carbocycles. The molecule has 1 unspecified atom stereocenters. The van der Waals surface area contributed by atoms with E-state index >= 15 is 0 Å². The second-order valence-corrected chi connectivity index (χ2v) is 8.49. The molecule has 32 heavy (non-hydrogen) atoms. The summed E-state index contributed by atoms with van der Waals surface area (Å²) in [5.41, 5.74) is 2.13. The molecule has 0 aliphatic rings. The summed E-state index contributed by atoms with van der Waals surface area (Å²) in [6, 6.07) is 18.9. The van der Waals surface area contributed by atoms with Crippen molar-refractivity contribution >= 4 is 44.1 Å². The Morgan fingerprint density at radius 1 is 1.12 bits per heavy atom. The topological polar surface area (TPSA) is 89.6 Å². The number of amides is 1. The lowest BCUT2D eigenvalue weighted by molar-refractivity contribution is -0.910. The van der Waals surface area contributed by atoms with Crippen LogP contribution in [0.25, 0.3) is 21.8 Å². The van der Waals surface area contributed by atoms with Gasteiger partial charge in [0.1, 0.15) is 6.54 Å². The van der Waals surface area contributed by atoms with Crippen molar-refractivity contribution in [3.63, 3.8) is 0 Å². The van der Waals surface area contributed by atoms with E-state index in [1.54, 1.807) is 12.1 Å². The van der Waals surface area contributed by atoms with Gasteiger partial charge in [0.05, 0.1) is 46.0 Å². The minimum Gasteiger partial charge on any atom is -1.00 e. The van der Waals surface area contributed by atoms with Crippen molar-refractivity contribution in [1.29, 1.82) is 0 Å². The summed E-state index contributed by atoms with van der Waals surface area (Å²) in [7, 11) is 0. The van der Waals surface area contributed by atoms with Crippen molar-refractivity contribution in [2.75, 3.05) is 19.6 Å². The van der Waals surface area contributed by atoms with Crippen LogP contribution in [0.2, 0.25) is 0 Å². The Labute approximate surface area is 195 Å². The normalized spacial score (nSPS) is 11.8. The first-order chi connectivity index (χ1) is 15.0. The predicted octanol–water partition coefficient (Wildman–Crippen LogP) is 0.197. The zero-order valence-electron chi connectivity index (χ0n) is 17.5. The van der Waals surface area contributed by atoms with Gasteiger partial charge in [-0.15, -0.1) is 0 Å². The zero-order valence-corrected chi connectivity index (χ0v) is 19.1. The lowest BCUT2D eigenvalue weighted by atomic mass is 10.1. The first kappa shape index (κ1) is 23.6. The number of thiophene rings is 1. The van der Waals surface area contributed by atoms with E-state index in [9.17, 15) is 14.9 Å². The van der Waals surface area contributed by atoms with Gasteiger partial charge in [0.15, 0.2) is 0 Å². The molecule has 0 spiro atoms. The maximum atomic E-state index is 12.9. The minimum absolute atomic E-state index is 0. The number of fused-ring (bicyclic) bond motifs is 2. The largest absolute Gasteiger partial charge is 1.00 e. The molecule has 0 saturated carbocycles. The van der Waals surface area contributed by atoms with E-state index in [0.717, 1.165) is 34.3 Å². The van der Waals surface area contributed by atoms with Gasteiger partial charge >= 0.3 is 5.00 Å². The van der Waals surface area contributed by atoms with E-state index in [4.69, 9.17) is 4.98 Å². The first-order valence-electron chi connectivity index (χ1n) is 10.2. The zero-order chi connectivity index (χ0) is 21.8. The lowest BCUT2D eigenvalue weighted by Gasteiger charge is -2.17. The van der Waals surface area contributed by atoms with Crippen LogP contribution in [0.4, 0.5) is 5.00 Å². The highest BCUT2D eigenvalue weighted by molar-refractivity contribution is 7.15. The van der Waals surface area contributed by atoms with E-state index in [1.165, 1.54) is 16.2 Å². The van der Waals surface area contributed by atoms with Gasteiger partial charge in [-0.25, -0.2) is 4.98 Å². The fourth-order valence-electron chi connectivity index (χ4n) is 3.63. The number of likely N-dealkylation sites (N-methyl/N-ethyl adjacent to an activating group) is 1. The smallest absolute Gasteiger partial charge is 0.324 e. The minimum atomic E-state index is -0.360. The molecule has 4 aromatic rings. The summed E-state index contributed by atoms with van der Waals surface area (Å²) < 4.78 is 0. The molecule has 0 aliphatic carbocycles. The lowest BCUT2D eigenvalue weighted by Crippen LogP contribution is -3.11. The summed E-state index contributed by atoms with van der Waals surface area (Å²) in [6.07, 6.45) is 0. The van der Waals surface area contributed by atoms with E-state index in [-0.39, 0.29) is 28.2 Å². The maximum Gasteiger partial charge on any atom is 0.324 e. The van der Waals surface area contributed by atoms with Crippen LogP contribution in [0.1, 0.15) is 22.2 Å². The molecule has 0 bridgehead atoms. The highest BCUT2D eigenvalue weighted by atomic mass is 35.5. The number of hydrogen-bond donors (Lipinski definition) is 2. The fourth-order valence-corrected chi connectivity index (χ4v) is 4.52. The summed E-state index contributed by atoms with van der Waals surface area (Å²) >= 11 is 1.21. The molecule has 1 amide bonds. The second kappa shape index (κ2) is 10.5.